The molecule has 1 aromatic heterocycles. The van der Waals surface area contributed by atoms with E-state index >= 15 is 0 Å². The van der Waals surface area contributed by atoms with Crippen LogP contribution in [0.2, 0.25) is 0 Å². The monoisotopic (exact) mass is 209 g/mol. The first-order valence-corrected chi connectivity index (χ1v) is 2.05. The van der Waals surface area contributed by atoms with Gasteiger partial charge in [0, 0.05) is 12.4 Å². The molecule has 0 atom stereocenters. The van der Waals surface area contributed by atoms with Gasteiger partial charge in [-0.15, -0.1) is 0 Å². The summed E-state index contributed by atoms with van der Waals surface area (Å²) in [6.45, 7) is 4.50. The summed E-state index contributed by atoms with van der Waals surface area (Å²) in [6, 6.07) is 5.72. The smallest absolute Gasteiger partial charge is 0.265 e. The van der Waals surface area contributed by atoms with Crippen LogP contribution in [-0.4, -0.2) is 4.98 Å². The average Bonchev–Trinajstić information content (AvgIpc) is 1.96. The SMILES string of the molecule is [C-]#[O+].[Ru+4].c1ccncc1. The molecule has 0 aliphatic heterocycles. The van der Waals surface area contributed by atoms with Crippen LogP contribution in [0.4, 0.5) is 0 Å². The third kappa shape index (κ3) is 7.51. The van der Waals surface area contributed by atoms with Crippen LogP contribution in [0, 0.1) is 6.65 Å². The molecule has 0 N–H and O–H groups in total. The molecule has 1 heterocycles. The summed E-state index contributed by atoms with van der Waals surface area (Å²) in [5.41, 5.74) is 0. The predicted octanol–water partition coefficient (Wildman–Crippen LogP) is 1.04. The first kappa shape index (κ1) is 11.3. The molecule has 2 nitrogen and oxygen atoms in total. The van der Waals surface area contributed by atoms with Crippen molar-refractivity contribution in [3.63, 3.8) is 0 Å². The Morgan fingerprint density at radius 3 is 1.56 bits per heavy atom. The van der Waals surface area contributed by atoms with Gasteiger partial charge < -0.3 is 0 Å². The van der Waals surface area contributed by atoms with Gasteiger partial charge in [-0.05, 0) is 12.1 Å². The summed E-state index contributed by atoms with van der Waals surface area (Å²) in [5.74, 6) is 0. The van der Waals surface area contributed by atoms with Crippen LogP contribution >= 0.6 is 0 Å². The summed E-state index contributed by atoms with van der Waals surface area (Å²) in [5, 5.41) is 0. The van der Waals surface area contributed by atoms with Crippen LogP contribution in [0.15, 0.2) is 30.6 Å². The number of pyridine rings is 1. The number of hydrogen-bond acceptors (Lipinski definition) is 1. The minimum absolute atomic E-state index is 0. The molecule has 0 fully saturated rings. The van der Waals surface area contributed by atoms with Gasteiger partial charge in [0.25, 0.3) is 0 Å². The molecule has 1 rings (SSSR count). The van der Waals surface area contributed by atoms with Crippen molar-refractivity contribution in [2.75, 3.05) is 0 Å². The van der Waals surface area contributed by atoms with Gasteiger partial charge >= 0.3 is 30.8 Å². The van der Waals surface area contributed by atoms with Gasteiger partial charge in [-0.1, -0.05) is 6.07 Å². The fraction of sp³-hybridized carbons (Fsp3) is 0. The molecule has 0 saturated heterocycles. The standard InChI is InChI=1S/C5H5N.CO.Ru/c1-2-4-6-5-3-1;1-2;/h1-5H;;/q;;+4. The maximum atomic E-state index is 7.50. The molecule has 0 aromatic carbocycles. The normalized spacial score (nSPS) is 5.56. The minimum atomic E-state index is 0. The van der Waals surface area contributed by atoms with Crippen LogP contribution in [-0.2, 0) is 24.1 Å². The fourth-order valence-electron chi connectivity index (χ4n) is 0.313. The van der Waals surface area contributed by atoms with Crippen LogP contribution in [0.1, 0.15) is 0 Å². The zero-order chi connectivity index (χ0) is 6.24. The molecule has 0 amide bonds. The molecule has 0 aliphatic rings. The van der Waals surface area contributed by atoms with Crippen molar-refractivity contribution in [2.24, 2.45) is 0 Å². The van der Waals surface area contributed by atoms with E-state index in [1.54, 1.807) is 12.4 Å². The molecule has 9 heavy (non-hydrogen) atoms. The Balaban J connectivity index is 0. The van der Waals surface area contributed by atoms with E-state index in [4.69, 9.17) is 4.65 Å². The Hall–Kier alpha value is -0.487. The molecule has 0 bridgehead atoms. The van der Waals surface area contributed by atoms with Crippen LogP contribution in [0.3, 0.4) is 0 Å². The van der Waals surface area contributed by atoms with E-state index in [1.807, 2.05) is 18.2 Å². The van der Waals surface area contributed by atoms with Gasteiger partial charge in [0.15, 0.2) is 0 Å². The predicted molar refractivity (Wildman–Crippen MR) is 28.2 cm³/mol. The van der Waals surface area contributed by atoms with E-state index in [-0.39, 0.29) is 19.5 Å². The Labute approximate surface area is 66.8 Å². The van der Waals surface area contributed by atoms with Gasteiger partial charge in [0.05, 0.1) is 0 Å². The topological polar surface area (TPSA) is 32.8 Å². The van der Waals surface area contributed by atoms with Crippen molar-refractivity contribution in [1.29, 1.82) is 0 Å². The van der Waals surface area contributed by atoms with Gasteiger partial charge in [-0.2, -0.15) is 0 Å². The summed E-state index contributed by atoms with van der Waals surface area (Å²) >= 11 is 0. The second-order valence-corrected chi connectivity index (χ2v) is 1.02. The van der Waals surface area contributed by atoms with E-state index < -0.39 is 0 Å². The largest absolute Gasteiger partial charge is 4.00 e. The molecular weight excluding hydrogens is 203 g/mol. The van der Waals surface area contributed by atoms with E-state index in [9.17, 15) is 0 Å². The first-order chi connectivity index (χ1) is 4.00. The number of nitrogens with zero attached hydrogens (tertiary/aromatic N) is 1. The van der Waals surface area contributed by atoms with Gasteiger partial charge in [-0.25, -0.2) is 0 Å². The van der Waals surface area contributed by atoms with Crippen molar-refractivity contribution < 1.29 is 24.1 Å². The third-order valence-electron chi connectivity index (χ3n) is 0.566. The number of rotatable bonds is 0. The first-order valence-electron chi connectivity index (χ1n) is 2.05. The number of aromatic nitrogens is 1. The molecule has 3 heteroatoms. The van der Waals surface area contributed by atoms with Crippen molar-refractivity contribution in [2.45, 2.75) is 0 Å². The summed E-state index contributed by atoms with van der Waals surface area (Å²) in [4.78, 5) is 3.78. The van der Waals surface area contributed by atoms with Crippen molar-refractivity contribution >= 4 is 0 Å². The van der Waals surface area contributed by atoms with E-state index in [1.165, 1.54) is 0 Å². The second kappa shape index (κ2) is 10.5. The Kier molecular flexibility index (Phi) is 13.2. The van der Waals surface area contributed by atoms with E-state index in [2.05, 4.69) is 11.6 Å². The molecule has 44 valence electrons. The van der Waals surface area contributed by atoms with Crippen molar-refractivity contribution in [1.82, 2.24) is 4.98 Å². The van der Waals surface area contributed by atoms with Crippen molar-refractivity contribution in [3.05, 3.63) is 37.2 Å². The maximum Gasteiger partial charge on any atom is 4.00 e. The molecule has 0 spiro atoms. The summed E-state index contributed by atoms with van der Waals surface area (Å²) in [6.07, 6.45) is 3.50. The average molecular weight is 208 g/mol. The second-order valence-electron chi connectivity index (χ2n) is 1.02. The zero-order valence-electron chi connectivity index (χ0n) is 4.60. The third-order valence-corrected chi connectivity index (χ3v) is 0.566. The number of hydrogen-bond donors (Lipinski definition) is 0. The van der Waals surface area contributed by atoms with Gasteiger partial charge in [0.2, 0.25) is 0 Å². The molecule has 0 unspecified atom stereocenters. The molecular formula is C6H5NORu+4. The zero-order valence-corrected chi connectivity index (χ0v) is 6.33. The van der Waals surface area contributed by atoms with Crippen LogP contribution in [0.25, 0.3) is 0 Å². The summed E-state index contributed by atoms with van der Waals surface area (Å²) < 4.78 is 7.50. The van der Waals surface area contributed by atoms with Gasteiger partial charge in [-0.3, -0.25) is 4.98 Å². The minimum Gasteiger partial charge on any atom is -0.265 e. The summed E-state index contributed by atoms with van der Waals surface area (Å²) in [7, 11) is 0. The molecule has 1 aromatic rings. The van der Waals surface area contributed by atoms with Gasteiger partial charge in [0.1, 0.15) is 0 Å². The fourth-order valence-corrected chi connectivity index (χ4v) is 0.313. The van der Waals surface area contributed by atoms with E-state index in [0.29, 0.717) is 0 Å². The Bertz CT molecular complexity index is 114. The molecule has 0 saturated carbocycles. The quantitative estimate of drug-likeness (QED) is 0.356. The van der Waals surface area contributed by atoms with Crippen LogP contribution < -0.4 is 0 Å². The van der Waals surface area contributed by atoms with E-state index in [0.717, 1.165) is 0 Å². The molecule has 0 radical (unpaired) electrons. The van der Waals surface area contributed by atoms with Crippen molar-refractivity contribution in [3.8, 4) is 0 Å². The van der Waals surface area contributed by atoms with Crippen LogP contribution in [0.5, 0.6) is 0 Å². The molecule has 0 aliphatic carbocycles. The maximum absolute atomic E-state index is 7.50. The Morgan fingerprint density at radius 2 is 1.44 bits per heavy atom. The Morgan fingerprint density at radius 1 is 1.00 bits per heavy atom.